The van der Waals surface area contributed by atoms with Crippen molar-refractivity contribution in [3.63, 3.8) is 0 Å². The van der Waals surface area contributed by atoms with Crippen molar-refractivity contribution < 1.29 is 9.53 Å². The van der Waals surface area contributed by atoms with Crippen molar-refractivity contribution >= 4 is 23.5 Å². The predicted molar refractivity (Wildman–Crippen MR) is 124 cm³/mol. The molecule has 6 nitrogen and oxygen atoms in total. The number of rotatable bonds is 9. The lowest BCUT2D eigenvalue weighted by Gasteiger charge is -2.38. The minimum Gasteiger partial charge on any atom is -0.381 e. The van der Waals surface area contributed by atoms with Crippen LogP contribution < -0.4 is 10.2 Å². The highest BCUT2D eigenvalue weighted by Gasteiger charge is 2.46. The van der Waals surface area contributed by atoms with Crippen molar-refractivity contribution in [3.05, 3.63) is 41.9 Å². The van der Waals surface area contributed by atoms with Gasteiger partial charge in [0.25, 0.3) is 0 Å². The molecule has 4 rings (SSSR count). The Morgan fingerprint density at radius 3 is 2.58 bits per heavy atom. The molecule has 0 unspecified atom stereocenters. The average molecular weight is 423 g/mol. The quantitative estimate of drug-likeness (QED) is 0.593. The number of hydrogen-bond acceptors (Lipinski definition) is 6. The highest BCUT2D eigenvalue weighted by Crippen LogP contribution is 2.47. The minimum atomic E-state index is -0.407. The lowest BCUT2D eigenvalue weighted by molar-refractivity contribution is -0.109. The normalized spacial score (nSPS) is 18.1. The summed E-state index contributed by atoms with van der Waals surface area (Å²) in [4.78, 5) is 23.6. The van der Waals surface area contributed by atoms with E-state index in [0.29, 0.717) is 12.0 Å². The zero-order valence-electron chi connectivity index (χ0n) is 18.9. The maximum atomic E-state index is 11.7. The lowest BCUT2D eigenvalue weighted by atomic mass is 10.0. The molecule has 1 saturated carbocycles. The Kier molecular flexibility index (Phi) is 6.56. The molecule has 0 radical (unpaired) electrons. The van der Waals surface area contributed by atoms with E-state index in [-0.39, 0.29) is 0 Å². The van der Waals surface area contributed by atoms with Crippen LogP contribution in [0.2, 0.25) is 0 Å². The monoisotopic (exact) mass is 422 g/mol. The van der Waals surface area contributed by atoms with Crippen molar-refractivity contribution in [2.75, 3.05) is 30.0 Å². The van der Waals surface area contributed by atoms with Gasteiger partial charge in [-0.25, -0.2) is 4.98 Å². The van der Waals surface area contributed by atoms with Gasteiger partial charge in [0.15, 0.2) is 0 Å². The molecule has 1 aliphatic carbocycles. The molecule has 166 valence electrons. The predicted octanol–water partition coefficient (Wildman–Crippen LogP) is 4.65. The SMILES string of the molecule is CCc1ccc(Nc2cc(C3(C=O)CC3)ncc2N(CC(C)C)C2CCOCC2)nc1. The fourth-order valence-corrected chi connectivity index (χ4v) is 4.30. The van der Waals surface area contributed by atoms with E-state index in [0.717, 1.165) is 81.0 Å². The van der Waals surface area contributed by atoms with Crippen LogP contribution in [0, 0.1) is 5.92 Å². The zero-order chi connectivity index (χ0) is 21.8. The van der Waals surface area contributed by atoms with Crippen LogP contribution in [-0.2, 0) is 21.4 Å². The molecule has 2 fully saturated rings. The Labute approximate surface area is 185 Å². The van der Waals surface area contributed by atoms with Crippen molar-refractivity contribution in [1.82, 2.24) is 9.97 Å². The standard InChI is InChI=1S/C25H34N4O2/c1-4-19-5-6-24(27-14-19)28-21-13-23(25(17-30)9-10-25)26-15-22(21)29(16-18(2)3)20-7-11-31-12-8-20/h5-6,13-15,17-18,20H,4,7-12,16H2,1-3H3,(H,26,27,28). The largest absolute Gasteiger partial charge is 0.381 e. The Hall–Kier alpha value is -2.47. The van der Waals surface area contributed by atoms with Crippen LogP contribution in [0.25, 0.3) is 0 Å². The molecule has 2 aliphatic rings. The first-order valence-electron chi connectivity index (χ1n) is 11.6. The summed E-state index contributed by atoms with van der Waals surface area (Å²) in [6, 6.07) is 6.62. The third kappa shape index (κ3) is 4.90. The van der Waals surface area contributed by atoms with Gasteiger partial charge in [0, 0.05) is 32.0 Å². The first-order chi connectivity index (χ1) is 15.0. The molecule has 6 heteroatoms. The number of hydrogen-bond donors (Lipinski definition) is 1. The molecule has 1 N–H and O–H groups in total. The lowest BCUT2D eigenvalue weighted by Crippen LogP contribution is -2.42. The van der Waals surface area contributed by atoms with Gasteiger partial charge < -0.3 is 19.7 Å². The van der Waals surface area contributed by atoms with Gasteiger partial charge in [-0.3, -0.25) is 4.98 Å². The van der Waals surface area contributed by atoms with E-state index >= 15 is 0 Å². The van der Waals surface area contributed by atoms with Crippen molar-refractivity contribution in [2.24, 2.45) is 5.92 Å². The maximum absolute atomic E-state index is 11.7. The fourth-order valence-electron chi connectivity index (χ4n) is 4.30. The van der Waals surface area contributed by atoms with E-state index in [9.17, 15) is 4.79 Å². The van der Waals surface area contributed by atoms with Crippen molar-refractivity contribution in [2.45, 2.75) is 64.3 Å². The molecule has 1 aliphatic heterocycles. The summed E-state index contributed by atoms with van der Waals surface area (Å²) < 4.78 is 5.62. The van der Waals surface area contributed by atoms with Crippen LogP contribution in [0.3, 0.4) is 0 Å². The fraction of sp³-hybridized carbons (Fsp3) is 0.560. The van der Waals surface area contributed by atoms with Crippen LogP contribution in [0.4, 0.5) is 17.2 Å². The zero-order valence-corrected chi connectivity index (χ0v) is 18.9. The van der Waals surface area contributed by atoms with E-state index in [2.05, 4.69) is 48.1 Å². The van der Waals surface area contributed by atoms with Gasteiger partial charge >= 0.3 is 0 Å². The first kappa shape index (κ1) is 21.8. The molecule has 1 saturated heterocycles. The van der Waals surface area contributed by atoms with Gasteiger partial charge in [0.2, 0.25) is 0 Å². The highest BCUT2D eigenvalue weighted by molar-refractivity contribution is 5.78. The summed E-state index contributed by atoms with van der Waals surface area (Å²) in [5, 5.41) is 3.54. The number of aldehydes is 1. The smallest absolute Gasteiger partial charge is 0.132 e. The summed E-state index contributed by atoms with van der Waals surface area (Å²) in [6.07, 6.45) is 9.68. The van der Waals surface area contributed by atoms with Crippen LogP contribution in [0.15, 0.2) is 30.6 Å². The summed E-state index contributed by atoms with van der Waals surface area (Å²) in [5.74, 6) is 1.32. The molecule has 31 heavy (non-hydrogen) atoms. The van der Waals surface area contributed by atoms with Crippen LogP contribution >= 0.6 is 0 Å². The second-order valence-corrected chi connectivity index (χ2v) is 9.28. The van der Waals surface area contributed by atoms with Crippen LogP contribution in [0.5, 0.6) is 0 Å². The molecule has 0 aromatic carbocycles. The molecular weight excluding hydrogens is 388 g/mol. The van der Waals surface area contributed by atoms with Gasteiger partial charge in [0.1, 0.15) is 12.1 Å². The van der Waals surface area contributed by atoms with E-state index < -0.39 is 5.41 Å². The Morgan fingerprint density at radius 1 is 1.23 bits per heavy atom. The molecule has 2 aromatic heterocycles. The summed E-state index contributed by atoms with van der Waals surface area (Å²) in [7, 11) is 0. The minimum absolute atomic E-state index is 0.407. The van der Waals surface area contributed by atoms with Gasteiger partial charge in [-0.2, -0.15) is 0 Å². The number of nitrogens with zero attached hydrogens (tertiary/aromatic N) is 3. The van der Waals surface area contributed by atoms with Crippen molar-refractivity contribution in [3.8, 4) is 0 Å². The number of aryl methyl sites for hydroxylation is 1. The Morgan fingerprint density at radius 2 is 2.00 bits per heavy atom. The van der Waals surface area contributed by atoms with E-state index in [4.69, 9.17) is 9.72 Å². The van der Waals surface area contributed by atoms with Crippen molar-refractivity contribution in [1.29, 1.82) is 0 Å². The van der Waals surface area contributed by atoms with Gasteiger partial charge in [-0.05, 0) is 55.7 Å². The molecule has 0 bridgehead atoms. The molecule has 0 spiro atoms. The van der Waals surface area contributed by atoms with Crippen LogP contribution in [-0.4, -0.2) is 42.1 Å². The van der Waals surface area contributed by atoms with E-state index in [1.54, 1.807) is 0 Å². The summed E-state index contributed by atoms with van der Waals surface area (Å²) in [5.41, 5.74) is 3.71. The topological polar surface area (TPSA) is 67.4 Å². The average Bonchev–Trinajstić information content (AvgIpc) is 3.60. The number of carbonyl (C=O) groups excluding carboxylic acids is 1. The molecule has 3 heterocycles. The van der Waals surface area contributed by atoms with Gasteiger partial charge in [0.05, 0.1) is 28.7 Å². The number of carbonyl (C=O) groups is 1. The first-order valence-corrected chi connectivity index (χ1v) is 11.6. The van der Waals surface area contributed by atoms with E-state index in [1.807, 2.05) is 18.5 Å². The number of pyridine rings is 2. The summed E-state index contributed by atoms with van der Waals surface area (Å²) >= 11 is 0. The second-order valence-electron chi connectivity index (χ2n) is 9.28. The highest BCUT2D eigenvalue weighted by atomic mass is 16.5. The third-order valence-electron chi connectivity index (χ3n) is 6.41. The number of aromatic nitrogens is 2. The molecule has 2 aromatic rings. The van der Waals surface area contributed by atoms with E-state index in [1.165, 1.54) is 5.56 Å². The second kappa shape index (κ2) is 9.35. The Balaban J connectivity index is 1.72. The molecule has 0 amide bonds. The third-order valence-corrected chi connectivity index (χ3v) is 6.41. The maximum Gasteiger partial charge on any atom is 0.132 e. The van der Waals surface area contributed by atoms with Crippen LogP contribution in [0.1, 0.15) is 57.7 Å². The molecular formula is C25H34N4O2. The summed E-state index contributed by atoms with van der Waals surface area (Å²) in [6.45, 7) is 9.16. The molecule has 0 atom stereocenters. The number of nitrogens with one attached hydrogen (secondary N) is 1. The van der Waals surface area contributed by atoms with Gasteiger partial charge in [-0.15, -0.1) is 0 Å². The van der Waals surface area contributed by atoms with Gasteiger partial charge in [-0.1, -0.05) is 26.8 Å². The number of anilines is 3. The number of ether oxygens (including phenoxy) is 1. The Bertz CT molecular complexity index is 887.